The topological polar surface area (TPSA) is 61.8 Å². The van der Waals surface area contributed by atoms with Gasteiger partial charge in [-0.2, -0.15) is 0 Å². The van der Waals surface area contributed by atoms with E-state index in [4.69, 9.17) is 16.3 Å². The second-order valence-corrected chi connectivity index (χ2v) is 8.43. The lowest BCUT2D eigenvalue weighted by molar-refractivity contribution is -0.140. The van der Waals surface area contributed by atoms with Crippen LogP contribution in [0.25, 0.3) is 0 Å². The highest BCUT2D eigenvalue weighted by molar-refractivity contribution is 7.99. The Hall–Kier alpha value is -1.09. The fourth-order valence-corrected chi connectivity index (χ4v) is 4.49. The maximum atomic E-state index is 12.5. The van der Waals surface area contributed by atoms with E-state index in [0.29, 0.717) is 29.2 Å². The Morgan fingerprint density at radius 1 is 1.22 bits per heavy atom. The van der Waals surface area contributed by atoms with Crippen molar-refractivity contribution < 1.29 is 9.53 Å². The number of likely N-dealkylation sites (N-methyl/N-ethyl adjacent to an activating group) is 1. The maximum Gasteiger partial charge on any atom is 0.233 e. The number of anilines is 1. The molecule has 3 rings (SSSR count). The highest BCUT2D eigenvalue weighted by atomic mass is 35.5. The van der Waals surface area contributed by atoms with Crippen molar-refractivity contribution in [3.63, 3.8) is 0 Å². The molecule has 1 aromatic heterocycles. The molecule has 9 heteroatoms. The number of carbonyl (C=O) groups is 1. The number of halogens is 1. The van der Waals surface area contributed by atoms with Crippen LogP contribution in [0.1, 0.15) is 20.8 Å². The number of rotatable bonds is 5. The average Bonchev–Trinajstić information content (AvgIpc) is 2.65. The minimum absolute atomic E-state index is 0.0681. The molecule has 2 unspecified atom stereocenters. The number of piperazine rings is 1. The van der Waals surface area contributed by atoms with Crippen LogP contribution in [0.15, 0.2) is 11.2 Å². The summed E-state index contributed by atoms with van der Waals surface area (Å²) in [5.41, 5.74) is 0. The average molecular weight is 414 g/mol. The summed E-state index contributed by atoms with van der Waals surface area (Å²) in [7, 11) is 0. The molecule has 150 valence electrons. The molecule has 2 fully saturated rings. The van der Waals surface area contributed by atoms with Crippen molar-refractivity contribution in [3.05, 3.63) is 11.2 Å². The highest BCUT2D eigenvalue weighted by Crippen LogP contribution is 2.23. The highest BCUT2D eigenvalue weighted by Gasteiger charge is 2.26. The number of hydrogen-bond acceptors (Lipinski definition) is 7. The molecule has 0 N–H and O–H groups in total. The van der Waals surface area contributed by atoms with Crippen LogP contribution in [0.2, 0.25) is 5.15 Å². The lowest BCUT2D eigenvalue weighted by atomic mass is 10.2. The van der Waals surface area contributed by atoms with E-state index in [-0.39, 0.29) is 18.1 Å². The van der Waals surface area contributed by atoms with Gasteiger partial charge < -0.3 is 19.4 Å². The first-order valence-corrected chi connectivity index (χ1v) is 10.9. The van der Waals surface area contributed by atoms with Crippen molar-refractivity contribution in [1.82, 2.24) is 19.8 Å². The normalized spacial score (nSPS) is 24.3. The largest absolute Gasteiger partial charge is 0.372 e. The quantitative estimate of drug-likeness (QED) is 0.415. The van der Waals surface area contributed by atoms with Gasteiger partial charge in [-0.15, -0.1) is 0 Å². The van der Waals surface area contributed by atoms with E-state index in [9.17, 15) is 4.79 Å². The number of morpholine rings is 1. The lowest BCUT2D eigenvalue weighted by Gasteiger charge is -2.35. The van der Waals surface area contributed by atoms with E-state index in [1.165, 1.54) is 11.8 Å². The number of ether oxygens (including phenoxy) is 1. The first-order chi connectivity index (χ1) is 12.9. The molecule has 27 heavy (non-hydrogen) atoms. The van der Waals surface area contributed by atoms with Crippen molar-refractivity contribution in [3.8, 4) is 0 Å². The van der Waals surface area contributed by atoms with Gasteiger partial charge in [0.25, 0.3) is 0 Å². The molecule has 1 aromatic rings. The van der Waals surface area contributed by atoms with Crippen LogP contribution in [0.4, 0.5) is 5.82 Å². The number of nitrogens with zero attached hydrogens (tertiary/aromatic N) is 5. The summed E-state index contributed by atoms with van der Waals surface area (Å²) in [6, 6.07) is 1.81. The molecule has 1 amide bonds. The molecule has 0 saturated carbocycles. The molecule has 0 spiro atoms. The van der Waals surface area contributed by atoms with Gasteiger partial charge >= 0.3 is 0 Å². The van der Waals surface area contributed by atoms with Gasteiger partial charge in [-0.1, -0.05) is 30.3 Å². The van der Waals surface area contributed by atoms with Gasteiger partial charge in [-0.3, -0.25) is 4.79 Å². The second kappa shape index (κ2) is 9.41. The van der Waals surface area contributed by atoms with Crippen molar-refractivity contribution >= 4 is 35.1 Å². The molecular formula is C18H28ClN5O2S. The Balaban J connectivity index is 1.59. The van der Waals surface area contributed by atoms with Crippen molar-refractivity contribution in [1.29, 1.82) is 0 Å². The fourth-order valence-electron chi connectivity index (χ4n) is 3.50. The third kappa shape index (κ3) is 5.70. The molecule has 2 aliphatic rings. The first-order valence-electron chi connectivity index (χ1n) is 9.52. The summed E-state index contributed by atoms with van der Waals surface area (Å²) in [5, 5.41) is 0.972. The Morgan fingerprint density at radius 3 is 2.52 bits per heavy atom. The molecule has 0 radical (unpaired) electrons. The smallest absolute Gasteiger partial charge is 0.233 e. The van der Waals surface area contributed by atoms with E-state index in [2.05, 4.69) is 26.7 Å². The molecule has 2 saturated heterocycles. The Bertz CT molecular complexity index is 647. The Kier molecular flexibility index (Phi) is 7.19. The van der Waals surface area contributed by atoms with Crippen molar-refractivity contribution in [2.45, 2.75) is 38.1 Å². The molecule has 0 aliphatic carbocycles. The predicted octanol–water partition coefficient (Wildman–Crippen LogP) is 2.00. The van der Waals surface area contributed by atoms with Crippen LogP contribution in [-0.4, -0.2) is 89.4 Å². The summed E-state index contributed by atoms with van der Waals surface area (Å²) in [4.78, 5) is 28.0. The van der Waals surface area contributed by atoms with Crippen LogP contribution in [0.3, 0.4) is 0 Å². The Labute approximate surface area is 170 Å². The first kappa shape index (κ1) is 20.6. The molecule has 3 heterocycles. The number of thioether (sulfide) groups is 1. The third-order valence-corrected chi connectivity index (χ3v) is 5.93. The number of hydrogen-bond donors (Lipinski definition) is 0. The van der Waals surface area contributed by atoms with Gasteiger partial charge in [0.15, 0.2) is 5.16 Å². The number of carbonyl (C=O) groups excluding carboxylic acids is 1. The van der Waals surface area contributed by atoms with Gasteiger partial charge in [0.1, 0.15) is 11.0 Å². The van der Waals surface area contributed by atoms with Crippen molar-refractivity contribution in [2.24, 2.45) is 0 Å². The van der Waals surface area contributed by atoms with Crippen LogP contribution in [-0.2, 0) is 9.53 Å². The van der Waals surface area contributed by atoms with E-state index >= 15 is 0 Å². The molecule has 0 bridgehead atoms. The van der Waals surface area contributed by atoms with Crippen molar-refractivity contribution in [2.75, 3.05) is 56.5 Å². The summed E-state index contributed by atoms with van der Waals surface area (Å²) < 4.78 is 5.69. The van der Waals surface area contributed by atoms with Gasteiger partial charge in [0.2, 0.25) is 5.91 Å². The lowest BCUT2D eigenvalue weighted by Crippen LogP contribution is -2.48. The van der Waals surface area contributed by atoms with E-state index in [1.54, 1.807) is 6.07 Å². The SMILES string of the molecule is CCN1CCN(c2cc(Cl)nc(SCC(=O)N3CC(C)OC(C)C3)n2)CC1. The minimum Gasteiger partial charge on any atom is -0.372 e. The maximum absolute atomic E-state index is 12.5. The number of amides is 1. The predicted molar refractivity (Wildman–Crippen MR) is 109 cm³/mol. The standard InChI is InChI=1S/C18H28ClN5O2S/c1-4-22-5-7-23(8-6-22)16-9-15(19)20-18(21-16)27-12-17(25)24-10-13(2)26-14(3)11-24/h9,13-14H,4-8,10-12H2,1-3H3. The van der Waals surface area contributed by atoms with Crippen LogP contribution in [0.5, 0.6) is 0 Å². The summed E-state index contributed by atoms with van der Waals surface area (Å²) in [5.74, 6) is 1.24. The van der Waals surface area contributed by atoms with Gasteiger partial charge in [0.05, 0.1) is 18.0 Å². The third-order valence-electron chi connectivity index (χ3n) is 4.90. The van der Waals surface area contributed by atoms with Gasteiger partial charge in [0, 0.05) is 45.3 Å². The molecular weight excluding hydrogens is 386 g/mol. The Morgan fingerprint density at radius 2 is 1.89 bits per heavy atom. The van der Waals surface area contributed by atoms with Gasteiger partial charge in [-0.25, -0.2) is 9.97 Å². The zero-order valence-electron chi connectivity index (χ0n) is 16.2. The van der Waals surface area contributed by atoms with Gasteiger partial charge in [-0.05, 0) is 20.4 Å². The second-order valence-electron chi connectivity index (χ2n) is 7.10. The van der Waals surface area contributed by atoms with E-state index < -0.39 is 0 Å². The minimum atomic E-state index is 0.0681. The zero-order chi connectivity index (χ0) is 19.4. The monoisotopic (exact) mass is 413 g/mol. The van der Waals surface area contributed by atoms with E-state index in [0.717, 1.165) is 38.5 Å². The number of aromatic nitrogens is 2. The van der Waals surface area contributed by atoms with Crippen LogP contribution in [0, 0.1) is 0 Å². The fraction of sp³-hybridized carbons (Fsp3) is 0.722. The summed E-state index contributed by atoms with van der Waals surface area (Å²) in [6.45, 7) is 12.4. The summed E-state index contributed by atoms with van der Waals surface area (Å²) >= 11 is 7.56. The van der Waals surface area contributed by atoms with Crippen LogP contribution >= 0.6 is 23.4 Å². The molecule has 7 nitrogen and oxygen atoms in total. The molecule has 2 aliphatic heterocycles. The molecule has 0 aromatic carbocycles. The zero-order valence-corrected chi connectivity index (χ0v) is 17.8. The van der Waals surface area contributed by atoms with E-state index in [1.807, 2.05) is 18.7 Å². The van der Waals surface area contributed by atoms with Crippen LogP contribution < -0.4 is 4.90 Å². The molecule has 2 atom stereocenters. The summed E-state index contributed by atoms with van der Waals surface area (Å²) in [6.07, 6.45) is 0.136.